The van der Waals surface area contributed by atoms with E-state index in [1.54, 1.807) is 36.1 Å². The topological polar surface area (TPSA) is 256 Å². The maximum Gasteiger partial charge on any atom is 0.253 e. The lowest BCUT2D eigenvalue weighted by Gasteiger charge is -2.33. The van der Waals surface area contributed by atoms with Gasteiger partial charge < -0.3 is 56.0 Å². The highest BCUT2D eigenvalue weighted by molar-refractivity contribution is 7.18. The lowest BCUT2D eigenvalue weighted by atomic mass is 9.99. The molecular formula is C99H94Cl4F8N22O2S4. The summed E-state index contributed by atoms with van der Waals surface area (Å²) in [6.45, 7) is 14.6. The summed E-state index contributed by atoms with van der Waals surface area (Å²) in [5.74, 6) is -2.95. The molecule has 5 N–H and O–H groups in total. The van der Waals surface area contributed by atoms with E-state index in [0.29, 0.717) is 91.1 Å². The summed E-state index contributed by atoms with van der Waals surface area (Å²) in [7, 11) is 0. The fourth-order valence-electron chi connectivity index (χ4n) is 17.6. The van der Waals surface area contributed by atoms with Crippen molar-refractivity contribution >= 4 is 132 Å². The number of piperazine rings is 2. The Balaban J connectivity index is 0.000000123. The van der Waals surface area contributed by atoms with Gasteiger partial charge in [-0.3, -0.25) is 29.5 Å². The number of benzene rings is 6. The van der Waals surface area contributed by atoms with Gasteiger partial charge in [0.2, 0.25) is 0 Å². The first-order valence-electron chi connectivity index (χ1n) is 45.8. The Kier molecular flexibility index (Phi) is 31.7. The highest BCUT2D eigenvalue weighted by Crippen LogP contribution is 2.41. The number of halogens is 12. The van der Waals surface area contributed by atoms with E-state index in [-0.39, 0.29) is 86.9 Å². The molecule has 139 heavy (non-hydrogen) atoms. The average molecular weight is 2050 g/mol. The van der Waals surface area contributed by atoms with E-state index in [1.807, 2.05) is 109 Å². The van der Waals surface area contributed by atoms with Crippen LogP contribution in [0.15, 0.2) is 151 Å². The third-order valence-corrected chi connectivity index (χ3v) is 30.4. The van der Waals surface area contributed by atoms with Crippen molar-refractivity contribution in [1.82, 2.24) is 85.7 Å². The first-order valence-corrected chi connectivity index (χ1v) is 50.7. The molecule has 2 amide bonds. The van der Waals surface area contributed by atoms with E-state index in [4.69, 9.17) is 66.3 Å². The van der Waals surface area contributed by atoms with Gasteiger partial charge in [-0.1, -0.05) is 100 Å². The van der Waals surface area contributed by atoms with Crippen molar-refractivity contribution in [3.05, 3.63) is 291 Å². The minimum atomic E-state index is -0.661. The number of carbonyl (C=O) groups excluding carboxylic acids is 2. The zero-order valence-electron chi connectivity index (χ0n) is 75.3. The largest absolute Gasteiger partial charge is 0.365 e. The molecule has 7 aliphatic heterocycles. The van der Waals surface area contributed by atoms with Crippen molar-refractivity contribution in [3.8, 4) is 53.7 Å². The second kappa shape index (κ2) is 45.0. The number of nitrogens with one attached hydrogen (secondary N) is 5. The van der Waals surface area contributed by atoms with Crippen LogP contribution in [0.25, 0.3) is 53.7 Å². The van der Waals surface area contributed by atoms with Crippen molar-refractivity contribution in [2.75, 3.05) is 116 Å². The zero-order valence-corrected chi connectivity index (χ0v) is 81.6. The first-order chi connectivity index (χ1) is 67.6. The molecule has 15 heterocycles. The molecule has 6 aromatic carbocycles. The Hall–Kier alpha value is -11.4. The number of thiazole rings is 3. The van der Waals surface area contributed by atoms with Crippen LogP contribution in [0.1, 0.15) is 121 Å². The number of fused-ring (bicyclic) bond motifs is 4. The molecule has 0 aliphatic carbocycles. The number of nitrogens with zero attached hydrogens (tertiary/aromatic N) is 17. The summed E-state index contributed by atoms with van der Waals surface area (Å²) >= 11 is 30.3. The highest BCUT2D eigenvalue weighted by atomic mass is 35.5. The Labute approximate surface area is 833 Å². The third-order valence-electron chi connectivity index (χ3n) is 25.0. The fourth-order valence-corrected chi connectivity index (χ4v) is 21.7. The van der Waals surface area contributed by atoms with Gasteiger partial charge in [0.15, 0.2) is 22.6 Å². The van der Waals surface area contributed by atoms with Gasteiger partial charge in [0.1, 0.15) is 73.6 Å². The predicted molar refractivity (Wildman–Crippen MR) is 532 cm³/mol. The number of hydrogen-bond donors (Lipinski definition) is 5. The normalized spacial score (nSPS) is 15.7. The van der Waals surface area contributed by atoms with Crippen LogP contribution in [0.3, 0.4) is 0 Å². The van der Waals surface area contributed by atoms with Gasteiger partial charge in [-0.25, -0.2) is 65.0 Å². The first kappa shape index (κ1) is 97.8. The van der Waals surface area contributed by atoms with Crippen molar-refractivity contribution in [1.29, 1.82) is 0 Å². The minimum absolute atomic E-state index is 0.0188. The van der Waals surface area contributed by atoms with E-state index in [2.05, 4.69) is 65.8 Å². The number of rotatable bonds is 21. The van der Waals surface area contributed by atoms with Crippen LogP contribution in [0, 0.1) is 53.5 Å². The van der Waals surface area contributed by atoms with Crippen LogP contribution in [-0.2, 0) is 65.0 Å². The van der Waals surface area contributed by atoms with Crippen molar-refractivity contribution in [3.63, 3.8) is 0 Å². The fraction of sp³-hybridized carbons (Fsp3) is 0.323. The van der Waals surface area contributed by atoms with Crippen LogP contribution in [0.4, 0.5) is 63.4 Å². The SMILES string of the molecule is Cc1c(C(=O)NCc2csc(-c3ccccc3)n2)cnc2c1N(Cc1c(F)ccc(F)c1Cl)CCC2.Fc1ccc(F)c(CN2CCCc3ncc(-c4cc(CNC5CCNC5)ns4)nc32)c1Cl.Fc1ccc(F)c(CN2CCCc3ncc(-c4cnc(N5CCNCC5)s4)nc32)c1Cl.O=C(c1cccc(-c2csc(-c3cnc4c(n3)N(Cc3c(F)ccc(F)c3Cl)CCCC4)n2)c1)N1CCNCC1. The Bertz CT molecular complexity index is 6790. The maximum atomic E-state index is 14.6. The molecule has 40 heteroatoms. The van der Waals surface area contributed by atoms with Crippen LogP contribution >= 0.6 is 91.9 Å². The number of pyridine rings is 1. The monoisotopic (exact) mass is 2040 g/mol. The summed E-state index contributed by atoms with van der Waals surface area (Å²) < 4.78 is 118. The Morgan fingerprint density at radius 2 is 0.950 bits per heavy atom. The predicted octanol–water partition coefficient (Wildman–Crippen LogP) is 19.7. The van der Waals surface area contributed by atoms with Crippen molar-refractivity contribution < 1.29 is 44.7 Å². The molecule has 0 saturated carbocycles. The molecule has 0 radical (unpaired) electrons. The number of aromatic nitrogens is 11. The van der Waals surface area contributed by atoms with Crippen LogP contribution < -0.4 is 51.1 Å². The average Bonchev–Trinajstić information content (AvgIpc) is 1.14. The number of hydrogen-bond acceptors (Lipinski definition) is 26. The Morgan fingerprint density at radius 1 is 0.446 bits per heavy atom. The molecule has 7 aliphatic rings. The quantitative estimate of drug-likeness (QED) is 0.0331. The van der Waals surface area contributed by atoms with Gasteiger partial charge in [-0.05, 0) is 162 Å². The number of aryl methyl sites for hydroxylation is 4. The van der Waals surface area contributed by atoms with E-state index in [1.165, 1.54) is 34.2 Å². The van der Waals surface area contributed by atoms with Gasteiger partial charge in [0, 0.05) is 186 Å². The summed E-state index contributed by atoms with van der Waals surface area (Å²) in [4.78, 5) is 86.8. The summed E-state index contributed by atoms with van der Waals surface area (Å²) in [6, 6.07) is 28.5. The molecular weight excluding hydrogens is 1950 g/mol. The molecule has 3 saturated heterocycles. The van der Waals surface area contributed by atoms with Gasteiger partial charge >= 0.3 is 0 Å². The van der Waals surface area contributed by atoms with Gasteiger partial charge in [0.25, 0.3) is 11.8 Å². The molecule has 14 aromatic rings. The lowest BCUT2D eigenvalue weighted by Crippen LogP contribution is -2.46. The van der Waals surface area contributed by atoms with Gasteiger partial charge in [0.05, 0.1) is 106 Å². The summed E-state index contributed by atoms with van der Waals surface area (Å²) in [5.41, 5.74) is 12.8. The zero-order chi connectivity index (χ0) is 96.3. The second-order valence-electron chi connectivity index (χ2n) is 34.3. The second-order valence-corrected chi connectivity index (χ2v) is 39.3. The van der Waals surface area contributed by atoms with Gasteiger partial charge in [-0.2, -0.15) is 4.37 Å². The van der Waals surface area contributed by atoms with E-state index < -0.39 is 46.5 Å². The van der Waals surface area contributed by atoms with Crippen molar-refractivity contribution in [2.24, 2.45) is 0 Å². The van der Waals surface area contributed by atoms with E-state index >= 15 is 0 Å². The van der Waals surface area contributed by atoms with E-state index in [0.717, 1.165) is 259 Å². The van der Waals surface area contributed by atoms with Gasteiger partial charge in [-0.15, -0.1) is 22.7 Å². The summed E-state index contributed by atoms with van der Waals surface area (Å²) in [5, 5.41) is 22.0. The Morgan fingerprint density at radius 3 is 1.53 bits per heavy atom. The maximum absolute atomic E-state index is 14.6. The molecule has 8 aromatic heterocycles. The molecule has 21 rings (SSSR count). The standard InChI is InChI=1S/C29H27ClF2N6OS.C27H23ClF2N4OS.C22H23ClF2N6S.C21H21ClF2N6S/c30-26-20(21(31)7-8-22(26)32)16-38-11-2-1-6-23-27(38)35-24(15-34-23)28-36-25(17-40-28)18-4-3-5-19(14-18)29(39)37-12-9-33-10-13-37;1-16-19(26(35)32-12-18-15-36-27(33-18)17-6-3-2-4-7-17)13-31-23-8-5-11-34(25(16)23)14-20-21(29)9-10-22(30)24(20)28;23-21-15(16(24)3-4-17(21)25)12-31-7-1-2-18-22(31)29-19(11-28-18)20-8-14(30-32-20)10-27-13-5-6-26-9-13;22-19-13(14(23)3-4-15(19)24)12-30-7-1-2-16-20(30)28-17(10-26-16)18-11-27-21(31-18)29-8-5-25-6-9-29/h3-5,7-8,14-15,17,33H,1-2,6,9-13,16H2;2-4,6-7,9-10,13,15H,5,8,11-12,14H2,1H3,(H,32,35);3-4,8,11,13,26-27H,1-2,5-7,9-10,12H2;3-4,10-11,25H,1-2,5-9,12H2. The molecule has 720 valence electrons. The van der Waals surface area contributed by atoms with Crippen molar-refractivity contribution in [2.45, 2.75) is 116 Å². The minimum Gasteiger partial charge on any atom is -0.365 e. The third kappa shape index (κ3) is 23.0. The number of anilines is 5. The number of amides is 2. The van der Waals surface area contributed by atoms with Crippen LogP contribution in [0.5, 0.6) is 0 Å². The number of carbonyl (C=O) groups is 2. The molecule has 24 nitrogen and oxygen atoms in total. The molecule has 0 spiro atoms. The van der Waals surface area contributed by atoms with Crippen LogP contribution in [-0.4, -0.2) is 169 Å². The van der Waals surface area contributed by atoms with Crippen LogP contribution in [0.2, 0.25) is 20.1 Å². The molecule has 1 atom stereocenters. The molecule has 1 unspecified atom stereocenters. The molecule has 0 bridgehead atoms. The summed E-state index contributed by atoms with van der Waals surface area (Å²) in [6.07, 6.45) is 17.2. The highest BCUT2D eigenvalue weighted by Gasteiger charge is 2.33. The van der Waals surface area contributed by atoms with E-state index in [9.17, 15) is 44.7 Å². The smallest absolute Gasteiger partial charge is 0.253 e. The lowest BCUT2D eigenvalue weighted by molar-refractivity contribution is 0.0735. The molecule has 3 fully saturated rings.